The van der Waals surface area contributed by atoms with Crippen molar-refractivity contribution < 1.29 is 4.39 Å². The normalized spacial score (nSPS) is 11.8. The van der Waals surface area contributed by atoms with Gasteiger partial charge in [-0.3, -0.25) is 0 Å². The fraction of sp³-hybridized carbons (Fsp3) is 0.500. The molecule has 0 amide bonds. The second-order valence-electron chi connectivity index (χ2n) is 4.30. The first-order valence-corrected chi connectivity index (χ1v) is 6.75. The summed E-state index contributed by atoms with van der Waals surface area (Å²) in [5.74, 6) is -0.245. The number of thioether (sulfide) groups is 1. The molecule has 1 rings (SSSR count). The van der Waals surface area contributed by atoms with Crippen molar-refractivity contribution in [3.63, 3.8) is 0 Å². The van der Waals surface area contributed by atoms with Crippen LogP contribution >= 0.6 is 23.4 Å². The Kier molecular flexibility index (Phi) is 5.09. The second kappa shape index (κ2) is 5.89. The number of hydrogen-bond acceptors (Lipinski definition) is 2. The molecule has 0 saturated heterocycles. The highest BCUT2D eigenvalue weighted by atomic mass is 35.5. The highest BCUT2D eigenvalue weighted by molar-refractivity contribution is 7.99. The molecule has 0 aliphatic carbocycles. The number of benzene rings is 1. The van der Waals surface area contributed by atoms with E-state index in [1.807, 2.05) is 0 Å². The van der Waals surface area contributed by atoms with Crippen molar-refractivity contribution in [1.82, 2.24) is 5.32 Å². The zero-order valence-electron chi connectivity index (χ0n) is 9.81. The van der Waals surface area contributed by atoms with Crippen LogP contribution in [-0.2, 0) is 6.54 Å². The summed E-state index contributed by atoms with van der Waals surface area (Å²) in [6, 6.07) is 4.44. The molecule has 0 bridgehead atoms. The first-order chi connectivity index (χ1) is 7.44. The molecule has 0 aliphatic heterocycles. The van der Waals surface area contributed by atoms with Gasteiger partial charge in [-0.1, -0.05) is 11.6 Å². The van der Waals surface area contributed by atoms with Gasteiger partial charge in [-0.2, -0.15) is 11.8 Å². The molecular formula is C12H17ClFNS. The Morgan fingerprint density at radius 2 is 2.12 bits per heavy atom. The van der Waals surface area contributed by atoms with Gasteiger partial charge in [-0.25, -0.2) is 4.39 Å². The predicted octanol–water partition coefficient (Wildman–Crippen LogP) is 3.71. The minimum atomic E-state index is -0.245. The third kappa shape index (κ3) is 4.32. The molecule has 1 aromatic carbocycles. The van der Waals surface area contributed by atoms with Crippen LogP contribution in [0.1, 0.15) is 19.4 Å². The fourth-order valence-electron chi connectivity index (χ4n) is 1.25. The van der Waals surface area contributed by atoms with Crippen LogP contribution < -0.4 is 5.32 Å². The van der Waals surface area contributed by atoms with E-state index in [1.165, 1.54) is 12.1 Å². The highest BCUT2D eigenvalue weighted by Crippen LogP contribution is 2.21. The summed E-state index contributed by atoms with van der Waals surface area (Å²) >= 11 is 7.77. The smallest absolute Gasteiger partial charge is 0.123 e. The van der Waals surface area contributed by atoms with Gasteiger partial charge < -0.3 is 5.32 Å². The van der Waals surface area contributed by atoms with Crippen molar-refractivity contribution in [2.75, 3.05) is 12.8 Å². The van der Waals surface area contributed by atoms with E-state index in [9.17, 15) is 4.39 Å². The molecule has 1 aromatic rings. The van der Waals surface area contributed by atoms with Crippen LogP contribution in [0.15, 0.2) is 18.2 Å². The Morgan fingerprint density at radius 1 is 1.44 bits per heavy atom. The largest absolute Gasteiger partial charge is 0.311 e. The molecule has 0 fully saturated rings. The summed E-state index contributed by atoms with van der Waals surface area (Å²) in [4.78, 5) is 0. The second-order valence-corrected chi connectivity index (χ2v) is 6.22. The SMILES string of the molecule is CSC(C)(C)CNCc1cc(F)ccc1Cl. The first-order valence-electron chi connectivity index (χ1n) is 5.14. The van der Waals surface area contributed by atoms with E-state index in [1.54, 1.807) is 17.8 Å². The lowest BCUT2D eigenvalue weighted by atomic mass is 10.2. The van der Waals surface area contributed by atoms with Gasteiger partial charge in [0.2, 0.25) is 0 Å². The number of nitrogens with one attached hydrogen (secondary N) is 1. The summed E-state index contributed by atoms with van der Waals surface area (Å²) in [5.41, 5.74) is 0.804. The summed E-state index contributed by atoms with van der Waals surface area (Å²) in [5, 5.41) is 3.90. The van der Waals surface area contributed by atoms with E-state index < -0.39 is 0 Å². The van der Waals surface area contributed by atoms with Crippen LogP contribution in [0.4, 0.5) is 4.39 Å². The van der Waals surface area contributed by atoms with E-state index in [-0.39, 0.29) is 10.6 Å². The molecule has 4 heteroatoms. The lowest BCUT2D eigenvalue weighted by Crippen LogP contribution is -2.31. The van der Waals surface area contributed by atoms with Gasteiger partial charge in [-0.05, 0) is 43.9 Å². The number of rotatable bonds is 5. The van der Waals surface area contributed by atoms with E-state index >= 15 is 0 Å². The first kappa shape index (κ1) is 13.8. The van der Waals surface area contributed by atoms with Crippen molar-refractivity contribution in [3.05, 3.63) is 34.6 Å². The zero-order chi connectivity index (χ0) is 12.2. The van der Waals surface area contributed by atoms with Crippen LogP contribution in [0.2, 0.25) is 5.02 Å². The van der Waals surface area contributed by atoms with Crippen LogP contribution in [0.25, 0.3) is 0 Å². The molecule has 0 aromatic heterocycles. The van der Waals surface area contributed by atoms with E-state index in [0.29, 0.717) is 11.6 Å². The topological polar surface area (TPSA) is 12.0 Å². The highest BCUT2D eigenvalue weighted by Gasteiger charge is 2.15. The van der Waals surface area contributed by atoms with Gasteiger partial charge in [0.25, 0.3) is 0 Å². The average Bonchev–Trinajstić information content (AvgIpc) is 2.23. The molecule has 90 valence electrons. The summed E-state index contributed by atoms with van der Waals surface area (Å²) in [6.45, 7) is 5.79. The Bertz CT molecular complexity index is 355. The fourth-order valence-corrected chi connectivity index (χ4v) is 1.68. The molecule has 0 heterocycles. The van der Waals surface area contributed by atoms with Crippen LogP contribution in [-0.4, -0.2) is 17.5 Å². The molecule has 1 N–H and O–H groups in total. The summed E-state index contributed by atoms with van der Waals surface area (Å²) < 4.78 is 13.2. The molecule has 0 radical (unpaired) electrons. The monoisotopic (exact) mass is 261 g/mol. The Morgan fingerprint density at radius 3 is 2.75 bits per heavy atom. The molecule has 1 nitrogen and oxygen atoms in total. The van der Waals surface area contributed by atoms with Crippen molar-refractivity contribution in [1.29, 1.82) is 0 Å². The summed E-state index contributed by atoms with van der Waals surface area (Å²) in [7, 11) is 0. The lowest BCUT2D eigenvalue weighted by Gasteiger charge is -2.22. The number of hydrogen-bond donors (Lipinski definition) is 1. The van der Waals surface area contributed by atoms with Gasteiger partial charge >= 0.3 is 0 Å². The van der Waals surface area contributed by atoms with Crippen molar-refractivity contribution in [2.24, 2.45) is 0 Å². The molecule has 0 atom stereocenters. The average molecular weight is 262 g/mol. The van der Waals surface area contributed by atoms with Crippen molar-refractivity contribution in [2.45, 2.75) is 25.1 Å². The molecule has 0 saturated carbocycles. The maximum atomic E-state index is 13.0. The Hall–Kier alpha value is -0.250. The van der Waals surface area contributed by atoms with Crippen molar-refractivity contribution in [3.8, 4) is 0 Å². The molecular weight excluding hydrogens is 245 g/mol. The van der Waals surface area contributed by atoms with E-state index in [4.69, 9.17) is 11.6 Å². The van der Waals surface area contributed by atoms with Gasteiger partial charge in [0.05, 0.1) is 0 Å². The van der Waals surface area contributed by atoms with Gasteiger partial charge in [-0.15, -0.1) is 0 Å². The maximum absolute atomic E-state index is 13.0. The van der Waals surface area contributed by atoms with Gasteiger partial charge in [0.15, 0.2) is 0 Å². The molecule has 0 spiro atoms. The third-order valence-corrected chi connectivity index (χ3v) is 4.04. The van der Waals surface area contributed by atoms with Gasteiger partial charge in [0.1, 0.15) is 5.82 Å². The van der Waals surface area contributed by atoms with E-state index in [0.717, 1.165) is 12.1 Å². The van der Waals surface area contributed by atoms with E-state index in [2.05, 4.69) is 25.4 Å². The predicted molar refractivity (Wildman–Crippen MR) is 70.7 cm³/mol. The zero-order valence-corrected chi connectivity index (χ0v) is 11.4. The minimum Gasteiger partial charge on any atom is -0.311 e. The molecule has 16 heavy (non-hydrogen) atoms. The van der Waals surface area contributed by atoms with Gasteiger partial charge in [0, 0.05) is 22.9 Å². The van der Waals surface area contributed by atoms with Crippen molar-refractivity contribution >= 4 is 23.4 Å². The Balaban J connectivity index is 2.52. The quantitative estimate of drug-likeness (QED) is 0.867. The number of halogens is 2. The van der Waals surface area contributed by atoms with Crippen LogP contribution in [0.3, 0.4) is 0 Å². The maximum Gasteiger partial charge on any atom is 0.123 e. The van der Waals surface area contributed by atoms with Crippen LogP contribution in [0.5, 0.6) is 0 Å². The third-order valence-electron chi connectivity index (χ3n) is 2.43. The molecule has 0 unspecified atom stereocenters. The Labute approximate surface area is 106 Å². The minimum absolute atomic E-state index is 0.180. The molecule has 0 aliphatic rings. The summed E-state index contributed by atoms with van der Waals surface area (Å²) in [6.07, 6.45) is 2.08. The standard InChI is InChI=1S/C12H17ClFNS/c1-12(2,16-3)8-15-7-9-6-10(14)4-5-11(9)13/h4-6,15H,7-8H2,1-3H3. The lowest BCUT2D eigenvalue weighted by molar-refractivity contribution is 0.585. The van der Waals surface area contributed by atoms with Crippen LogP contribution in [0, 0.1) is 5.82 Å².